The minimum absolute atomic E-state index is 0.148. The number of benzene rings is 2. The molecule has 2 rings (SSSR count). The molecule has 0 bridgehead atoms. The van der Waals surface area contributed by atoms with Gasteiger partial charge in [-0.25, -0.2) is 0 Å². The second kappa shape index (κ2) is 8.89. The third-order valence-corrected chi connectivity index (χ3v) is 4.62. The van der Waals surface area contributed by atoms with Crippen molar-refractivity contribution in [2.45, 2.75) is 44.9 Å². The SMILES string of the molecule is CCCCC(Cc1ccccc1)(C(=O)OCC)c1ccc(Cl)cc1. The van der Waals surface area contributed by atoms with Gasteiger partial charge in [-0.15, -0.1) is 0 Å². The van der Waals surface area contributed by atoms with Crippen LogP contribution >= 0.6 is 11.6 Å². The molecule has 128 valence electrons. The summed E-state index contributed by atoms with van der Waals surface area (Å²) in [6.07, 6.45) is 3.39. The van der Waals surface area contributed by atoms with Crippen molar-refractivity contribution in [3.05, 3.63) is 70.7 Å². The van der Waals surface area contributed by atoms with Crippen LogP contribution in [0.15, 0.2) is 54.6 Å². The van der Waals surface area contributed by atoms with Crippen LogP contribution in [0, 0.1) is 0 Å². The van der Waals surface area contributed by atoms with Crippen LogP contribution in [0.3, 0.4) is 0 Å². The van der Waals surface area contributed by atoms with Gasteiger partial charge in [0.05, 0.1) is 12.0 Å². The molecule has 24 heavy (non-hydrogen) atoms. The molecule has 0 N–H and O–H groups in total. The first-order valence-corrected chi connectivity index (χ1v) is 8.97. The van der Waals surface area contributed by atoms with E-state index in [9.17, 15) is 4.79 Å². The Morgan fingerprint density at radius 2 is 1.71 bits per heavy atom. The lowest BCUT2D eigenvalue weighted by Crippen LogP contribution is -2.40. The Balaban J connectivity index is 2.49. The topological polar surface area (TPSA) is 26.3 Å². The highest BCUT2D eigenvalue weighted by molar-refractivity contribution is 6.30. The van der Waals surface area contributed by atoms with Crippen LogP contribution in [0.5, 0.6) is 0 Å². The Labute approximate surface area is 149 Å². The predicted octanol–water partition coefficient (Wildman–Crippen LogP) is 5.57. The summed E-state index contributed by atoms with van der Waals surface area (Å²) in [7, 11) is 0. The van der Waals surface area contributed by atoms with Crippen molar-refractivity contribution in [1.82, 2.24) is 0 Å². The molecule has 3 heteroatoms. The van der Waals surface area contributed by atoms with E-state index in [4.69, 9.17) is 16.3 Å². The first-order valence-electron chi connectivity index (χ1n) is 8.59. The Morgan fingerprint density at radius 1 is 1.04 bits per heavy atom. The van der Waals surface area contributed by atoms with Gasteiger partial charge in [0.25, 0.3) is 0 Å². The highest BCUT2D eigenvalue weighted by Crippen LogP contribution is 2.36. The Morgan fingerprint density at radius 3 is 2.29 bits per heavy atom. The number of rotatable bonds is 8. The zero-order valence-corrected chi connectivity index (χ0v) is 15.2. The van der Waals surface area contributed by atoms with Crippen molar-refractivity contribution < 1.29 is 9.53 Å². The molecule has 0 radical (unpaired) electrons. The molecule has 0 saturated carbocycles. The predicted molar refractivity (Wildman–Crippen MR) is 99.4 cm³/mol. The Kier molecular flexibility index (Phi) is 6.86. The second-order valence-electron chi connectivity index (χ2n) is 6.08. The standard InChI is InChI=1S/C21H25ClO2/c1-3-5-15-21(20(23)24-4-2,16-17-9-7-6-8-10-17)18-11-13-19(22)14-12-18/h6-14H,3-5,15-16H2,1-2H3. The highest BCUT2D eigenvalue weighted by Gasteiger charge is 2.41. The zero-order chi connectivity index (χ0) is 17.4. The van der Waals surface area contributed by atoms with E-state index in [-0.39, 0.29) is 5.97 Å². The third kappa shape index (κ3) is 4.39. The van der Waals surface area contributed by atoms with Crippen LogP contribution < -0.4 is 0 Å². The lowest BCUT2D eigenvalue weighted by Gasteiger charge is -2.32. The fourth-order valence-corrected chi connectivity index (χ4v) is 3.21. The van der Waals surface area contributed by atoms with Crippen molar-refractivity contribution in [1.29, 1.82) is 0 Å². The normalized spacial score (nSPS) is 13.3. The monoisotopic (exact) mass is 344 g/mol. The van der Waals surface area contributed by atoms with Crippen molar-refractivity contribution in [3.8, 4) is 0 Å². The van der Waals surface area contributed by atoms with Gasteiger partial charge in [-0.1, -0.05) is 73.8 Å². The number of hydrogen-bond donors (Lipinski definition) is 0. The fraction of sp³-hybridized carbons (Fsp3) is 0.381. The molecule has 2 nitrogen and oxygen atoms in total. The number of unbranched alkanes of at least 4 members (excludes halogenated alkanes) is 1. The van der Waals surface area contributed by atoms with Crippen LogP contribution in [0.2, 0.25) is 5.02 Å². The van der Waals surface area contributed by atoms with E-state index < -0.39 is 5.41 Å². The van der Waals surface area contributed by atoms with Gasteiger partial charge in [0.2, 0.25) is 0 Å². The number of ether oxygens (including phenoxy) is 1. The molecule has 0 aromatic heterocycles. The number of carbonyl (C=O) groups is 1. The molecule has 0 fully saturated rings. The van der Waals surface area contributed by atoms with Gasteiger partial charge in [-0.2, -0.15) is 0 Å². The first kappa shape index (κ1) is 18.5. The molecule has 0 aliphatic rings. The Bertz CT molecular complexity index is 637. The quantitative estimate of drug-likeness (QED) is 0.585. The highest BCUT2D eigenvalue weighted by atomic mass is 35.5. The van der Waals surface area contributed by atoms with Gasteiger partial charge in [0.1, 0.15) is 0 Å². The summed E-state index contributed by atoms with van der Waals surface area (Å²) in [6, 6.07) is 17.7. The number of esters is 1. The van der Waals surface area contributed by atoms with Crippen LogP contribution in [0.25, 0.3) is 0 Å². The molecule has 1 atom stereocenters. The largest absolute Gasteiger partial charge is 0.465 e. The molecule has 2 aromatic rings. The molecular weight excluding hydrogens is 320 g/mol. The molecular formula is C21H25ClO2. The molecule has 0 saturated heterocycles. The van der Waals surface area contributed by atoms with Crippen molar-refractivity contribution in [2.24, 2.45) is 0 Å². The van der Waals surface area contributed by atoms with E-state index in [2.05, 4.69) is 19.1 Å². The van der Waals surface area contributed by atoms with Gasteiger partial charge < -0.3 is 4.74 Å². The van der Waals surface area contributed by atoms with E-state index in [1.165, 1.54) is 0 Å². The maximum absolute atomic E-state index is 13.0. The van der Waals surface area contributed by atoms with E-state index >= 15 is 0 Å². The summed E-state index contributed by atoms with van der Waals surface area (Å²) in [5.74, 6) is -0.148. The van der Waals surface area contributed by atoms with Crippen LogP contribution in [0.4, 0.5) is 0 Å². The third-order valence-electron chi connectivity index (χ3n) is 4.37. The minimum atomic E-state index is -0.669. The average Bonchev–Trinajstić information content (AvgIpc) is 2.60. The van der Waals surface area contributed by atoms with E-state index in [1.54, 1.807) is 0 Å². The second-order valence-corrected chi connectivity index (χ2v) is 6.51. The summed E-state index contributed by atoms with van der Waals surface area (Å²) in [4.78, 5) is 13.0. The fourth-order valence-electron chi connectivity index (χ4n) is 3.09. The lowest BCUT2D eigenvalue weighted by molar-refractivity contribution is -0.150. The zero-order valence-electron chi connectivity index (χ0n) is 14.4. The van der Waals surface area contributed by atoms with Gasteiger partial charge in [0, 0.05) is 5.02 Å². The van der Waals surface area contributed by atoms with Crippen molar-refractivity contribution in [3.63, 3.8) is 0 Å². The van der Waals surface area contributed by atoms with Crippen LogP contribution in [-0.2, 0) is 21.4 Å². The van der Waals surface area contributed by atoms with Crippen LogP contribution in [-0.4, -0.2) is 12.6 Å². The van der Waals surface area contributed by atoms with E-state index in [0.717, 1.165) is 30.4 Å². The molecule has 0 spiro atoms. The molecule has 0 aliphatic heterocycles. The number of hydrogen-bond acceptors (Lipinski definition) is 2. The molecule has 2 aromatic carbocycles. The van der Waals surface area contributed by atoms with Gasteiger partial charge in [0.15, 0.2) is 0 Å². The summed E-state index contributed by atoms with van der Waals surface area (Å²) < 4.78 is 5.49. The molecule has 1 unspecified atom stereocenters. The maximum Gasteiger partial charge on any atom is 0.316 e. The molecule has 0 heterocycles. The summed E-state index contributed by atoms with van der Waals surface area (Å²) in [5.41, 5.74) is 1.44. The first-order chi connectivity index (χ1) is 11.6. The Hall–Kier alpha value is -1.80. The lowest BCUT2D eigenvalue weighted by atomic mass is 9.72. The number of halogens is 1. The molecule has 0 amide bonds. The number of carbonyl (C=O) groups excluding carboxylic acids is 1. The average molecular weight is 345 g/mol. The smallest absolute Gasteiger partial charge is 0.316 e. The van der Waals surface area contributed by atoms with Gasteiger partial charge >= 0.3 is 5.97 Å². The van der Waals surface area contributed by atoms with Crippen molar-refractivity contribution in [2.75, 3.05) is 6.61 Å². The van der Waals surface area contributed by atoms with Crippen molar-refractivity contribution >= 4 is 17.6 Å². The van der Waals surface area contributed by atoms with Crippen LogP contribution in [0.1, 0.15) is 44.2 Å². The van der Waals surface area contributed by atoms with E-state index in [0.29, 0.717) is 18.1 Å². The maximum atomic E-state index is 13.0. The summed E-state index contributed by atoms with van der Waals surface area (Å²) in [6.45, 7) is 4.38. The summed E-state index contributed by atoms with van der Waals surface area (Å²) in [5, 5.41) is 0.673. The molecule has 0 aliphatic carbocycles. The van der Waals surface area contributed by atoms with E-state index in [1.807, 2.05) is 49.4 Å². The van der Waals surface area contributed by atoms with Gasteiger partial charge in [-0.05, 0) is 43.0 Å². The van der Waals surface area contributed by atoms with Gasteiger partial charge in [-0.3, -0.25) is 4.79 Å². The minimum Gasteiger partial charge on any atom is -0.465 e. The summed E-state index contributed by atoms with van der Waals surface area (Å²) >= 11 is 6.05.